The number of carbonyl (C=O) groups excluding carboxylic acids is 1. The van der Waals surface area contributed by atoms with Crippen LogP contribution in [0.5, 0.6) is 0 Å². The summed E-state index contributed by atoms with van der Waals surface area (Å²) in [5, 5.41) is 0.498. The van der Waals surface area contributed by atoms with Crippen LogP contribution < -0.4 is 0 Å². The number of Topliss-reactive ketones (excluding diaryl/α,β-unsaturated/α-hetero) is 1. The molecule has 0 saturated heterocycles. The molecule has 4 atom stereocenters. The van der Waals surface area contributed by atoms with E-state index in [1.165, 1.54) is 42.4 Å². The highest BCUT2D eigenvalue weighted by Crippen LogP contribution is 2.64. The van der Waals surface area contributed by atoms with E-state index in [4.69, 9.17) is 15.8 Å². The van der Waals surface area contributed by atoms with E-state index in [-0.39, 0.29) is 12.4 Å². The first-order valence-electron chi connectivity index (χ1n) is 12.7. The zero-order valence-electron chi connectivity index (χ0n) is 20.2. The summed E-state index contributed by atoms with van der Waals surface area (Å²) in [6.07, 6.45) is 11.1. The van der Waals surface area contributed by atoms with Gasteiger partial charge in [-0.1, -0.05) is 54.8 Å². The molecule has 1 unspecified atom stereocenters. The van der Waals surface area contributed by atoms with Crippen molar-refractivity contribution in [1.29, 1.82) is 0 Å². The Kier molecular flexibility index (Phi) is 6.58. The molecule has 0 aliphatic heterocycles. The van der Waals surface area contributed by atoms with Gasteiger partial charge in [-0.15, -0.1) is 0 Å². The van der Waals surface area contributed by atoms with Crippen LogP contribution in [0.15, 0.2) is 46.0 Å². The van der Waals surface area contributed by atoms with Gasteiger partial charge >= 0.3 is 0 Å². The third kappa shape index (κ3) is 4.56. The topological polar surface area (TPSA) is 60.4 Å². The number of aryl methyl sites for hydroxylation is 1. The largest absolute Gasteiger partial charge is 0.293 e. The van der Waals surface area contributed by atoms with Gasteiger partial charge in [0.2, 0.25) is 0 Å². The van der Waals surface area contributed by atoms with Crippen molar-refractivity contribution in [1.82, 2.24) is 0 Å². The molecule has 0 aromatic heterocycles. The lowest BCUT2D eigenvalue weighted by molar-refractivity contribution is -0.115. The second-order valence-electron chi connectivity index (χ2n) is 11.1. The third-order valence-corrected chi connectivity index (χ3v) is 9.94. The first-order valence-corrected chi connectivity index (χ1v) is 14.9. The molecular formula is C28H35ClO4S. The molecule has 5 rings (SSSR count). The van der Waals surface area contributed by atoms with E-state index in [0.29, 0.717) is 35.1 Å². The Labute approximate surface area is 208 Å². The number of halogens is 1. The molecule has 2 fully saturated rings. The number of hydrogen-bond acceptors (Lipinski definition) is 4. The summed E-state index contributed by atoms with van der Waals surface area (Å²) in [7, 11) is -3.38. The molecule has 0 N–H and O–H groups in total. The molecule has 34 heavy (non-hydrogen) atoms. The summed E-state index contributed by atoms with van der Waals surface area (Å²) in [4.78, 5) is 12.3. The lowest BCUT2D eigenvalue weighted by atomic mass is 9.53. The standard InChI is InChI=1S/C28H35ClO4S/c1-28-15-3-6-24(28)22-12-11-21-20(13-14-25(30)27(21)29)26(22)23(17-28)19-9-7-18(8-10-19)5-4-16-33-34(2,31)32/h7-10,22-24H,3-6,11-17H2,1-2H3/t22-,23?,24-,28-/m0/s1. The van der Waals surface area contributed by atoms with Crippen molar-refractivity contribution in [3.05, 3.63) is 57.1 Å². The lowest BCUT2D eigenvalue weighted by Gasteiger charge is -2.51. The molecular weight excluding hydrogens is 468 g/mol. The number of hydrogen-bond donors (Lipinski definition) is 0. The van der Waals surface area contributed by atoms with Gasteiger partial charge in [-0.05, 0) is 90.9 Å². The lowest BCUT2D eigenvalue weighted by Crippen LogP contribution is -2.40. The Morgan fingerprint density at radius 3 is 2.59 bits per heavy atom. The van der Waals surface area contributed by atoms with Crippen LogP contribution in [0.1, 0.15) is 81.8 Å². The normalized spacial score (nSPS) is 31.4. The van der Waals surface area contributed by atoms with Gasteiger partial charge in [-0.25, -0.2) is 0 Å². The molecule has 6 heteroatoms. The van der Waals surface area contributed by atoms with E-state index in [1.807, 2.05) is 0 Å². The van der Waals surface area contributed by atoms with Gasteiger partial charge in [0.15, 0.2) is 5.78 Å². The molecule has 0 radical (unpaired) electrons. The minimum absolute atomic E-state index is 0.113. The average Bonchev–Trinajstić information content (AvgIpc) is 3.20. The van der Waals surface area contributed by atoms with E-state index in [0.717, 1.165) is 43.4 Å². The highest BCUT2D eigenvalue weighted by Gasteiger charge is 2.52. The summed E-state index contributed by atoms with van der Waals surface area (Å²) < 4.78 is 27.2. The second-order valence-corrected chi connectivity index (χ2v) is 13.1. The van der Waals surface area contributed by atoms with E-state index < -0.39 is 10.1 Å². The van der Waals surface area contributed by atoms with Crippen molar-refractivity contribution in [2.24, 2.45) is 17.3 Å². The molecule has 1 aromatic rings. The number of rotatable bonds is 6. The number of ketones is 1. The first kappa shape index (κ1) is 24.3. The summed E-state index contributed by atoms with van der Waals surface area (Å²) in [6.45, 7) is 2.73. The molecule has 4 aliphatic rings. The maximum Gasteiger partial charge on any atom is 0.264 e. The van der Waals surface area contributed by atoms with Crippen LogP contribution in [0.2, 0.25) is 0 Å². The molecule has 4 aliphatic carbocycles. The van der Waals surface area contributed by atoms with Crippen molar-refractivity contribution < 1.29 is 17.4 Å². The fraction of sp³-hybridized carbons (Fsp3) is 0.607. The average molecular weight is 503 g/mol. The molecule has 0 heterocycles. The van der Waals surface area contributed by atoms with Gasteiger partial charge < -0.3 is 0 Å². The Morgan fingerprint density at radius 2 is 1.85 bits per heavy atom. The minimum atomic E-state index is -3.38. The summed E-state index contributed by atoms with van der Waals surface area (Å²) >= 11 is 6.56. The van der Waals surface area contributed by atoms with Crippen LogP contribution >= 0.6 is 11.6 Å². The van der Waals surface area contributed by atoms with Gasteiger partial charge in [0.25, 0.3) is 10.1 Å². The summed E-state index contributed by atoms with van der Waals surface area (Å²) in [6, 6.07) is 8.93. The zero-order valence-corrected chi connectivity index (χ0v) is 21.8. The number of carbonyl (C=O) groups is 1. The van der Waals surface area contributed by atoms with Crippen LogP contribution in [0.25, 0.3) is 0 Å². The SMILES string of the molecule is C[C@@]12CCC[C@H]1[C@@H]1CCC3=C(Cl)C(=O)CCC3=C1C(c1ccc(CCCOS(C)(=O)=O)cc1)C2. The zero-order chi connectivity index (χ0) is 24.1. The predicted octanol–water partition coefficient (Wildman–Crippen LogP) is 6.45. The van der Waals surface area contributed by atoms with Gasteiger partial charge in [0.05, 0.1) is 17.9 Å². The number of benzene rings is 1. The Bertz CT molecular complexity index is 1150. The molecule has 0 spiro atoms. The second kappa shape index (κ2) is 9.22. The molecule has 0 bridgehead atoms. The van der Waals surface area contributed by atoms with Crippen LogP contribution in [-0.4, -0.2) is 27.1 Å². The Hall–Kier alpha value is -1.43. The molecule has 1 aromatic carbocycles. The van der Waals surface area contributed by atoms with E-state index in [9.17, 15) is 13.2 Å². The van der Waals surface area contributed by atoms with Crippen LogP contribution in [0, 0.1) is 17.3 Å². The van der Waals surface area contributed by atoms with E-state index in [2.05, 4.69) is 31.2 Å². The monoisotopic (exact) mass is 502 g/mol. The number of allylic oxidation sites excluding steroid dienone is 4. The van der Waals surface area contributed by atoms with Gasteiger partial charge in [0, 0.05) is 12.3 Å². The van der Waals surface area contributed by atoms with Crippen LogP contribution in [0.3, 0.4) is 0 Å². The van der Waals surface area contributed by atoms with Crippen LogP contribution in [0.4, 0.5) is 0 Å². The van der Waals surface area contributed by atoms with Crippen molar-refractivity contribution in [3.63, 3.8) is 0 Å². The van der Waals surface area contributed by atoms with Crippen molar-refractivity contribution in [3.8, 4) is 0 Å². The van der Waals surface area contributed by atoms with Gasteiger partial charge in [-0.2, -0.15) is 8.42 Å². The maximum atomic E-state index is 12.3. The smallest absolute Gasteiger partial charge is 0.264 e. The van der Waals surface area contributed by atoms with Crippen molar-refractivity contribution >= 4 is 27.5 Å². The predicted molar refractivity (Wildman–Crippen MR) is 135 cm³/mol. The van der Waals surface area contributed by atoms with E-state index in [1.54, 1.807) is 5.57 Å². The highest BCUT2D eigenvalue weighted by atomic mass is 35.5. The quantitative estimate of drug-likeness (QED) is 0.331. The summed E-state index contributed by atoms with van der Waals surface area (Å²) in [5.41, 5.74) is 7.08. The Morgan fingerprint density at radius 1 is 1.09 bits per heavy atom. The van der Waals surface area contributed by atoms with Gasteiger partial charge in [0.1, 0.15) is 0 Å². The Balaban J connectivity index is 1.45. The van der Waals surface area contributed by atoms with Gasteiger partial charge in [-0.3, -0.25) is 8.98 Å². The number of fused-ring (bicyclic) bond motifs is 4. The molecule has 2 saturated carbocycles. The summed E-state index contributed by atoms with van der Waals surface area (Å²) in [5.74, 6) is 1.85. The molecule has 4 nitrogen and oxygen atoms in total. The van der Waals surface area contributed by atoms with Crippen LogP contribution in [-0.2, 0) is 25.5 Å². The molecule has 184 valence electrons. The van der Waals surface area contributed by atoms with Crippen molar-refractivity contribution in [2.75, 3.05) is 12.9 Å². The van der Waals surface area contributed by atoms with E-state index >= 15 is 0 Å². The first-order chi connectivity index (χ1) is 16.2. The fourth-order valence-electron chi connectivity index (χ4n) is 7.42. The third-order valence-electron chi connectivity index (χ3n) is 8.91. The maximum absolute atomic E-state index is 12.3. The minimum Gasteiger partial charge on any atom is -0.293 e. The van der Waals surface area contributed by atoms with Crippen molar-refractivity contribution in [2.45, 2.75) is 77.0 Å². The highest BCUT2D eigenvalue weighted by molar-refractivity contribution is 7.85. The molecule has 0 amide bonds. The fourth-order valence-corrected chi connectivity index (χ4v) is 8.15.